The van der Waals surface area contributed by atoms with Gasteiger partial charge in [-0.2, -0.15) is 0 Å². The molecule has 0 aliphatic heterocycles. The van der Waals surface area contributed by atoms with Gasteiger partial charge >= 0.3 is 0 Å². The molecule has 3 aliphatic rings. The van der Waals surface area contributed by atoms with Crippen LogP contribution in [-0.4, -0.2) is 0 Å². The summed E-state index contributed by atoms with van der Waals surface area (Å²) in [6, 6.07) is 111. The molecule has 3 aliphatic carbocycles. The van der Waals surface area contributed by atoms with Crippen molar-refractivity contribution in [1.29, 1.82) is 0 Å². The van der Waals surface area contributed by atoms with Crippen LogP contribution in [0.25, 0.3) is 88.4 Å². The summed E-state index contributed by atoms with van der Waals surface area (Å²) in [6.07, 6.45) is 34.9. The molecule has 0 atom stereocenters. The zero-order valence-corrected chi connectivity index (χ0v) is 69.7. The average Bonchev–Trinajstić information content (AvgIpc) is 1.53. The van der Waals surface area contributed by atoms with Gasteiger partial charge in [-0.25, -0.2) is 0 Å². The summed E-state index contributed by atoms with van der Waals surface area (Å²) in [7, 11) is 0. The first kappa shape index (κ1) is 77.3. The van der Waals surface area contributed by atoms with Crippen LogP contribution < -0.4 is 9.80 Å². The summed E-state index contributed by atoms with van der Waals surface area (Å²) in [4.78, 5) is 5.05. The maximum Gasteiger partial charge on any atom is 0.143 e. The molecular weight excluding hydrogens is 1420 g/mol. The molecule has 18 rings (SSSR count). The van der Waals surface area contributed by atoms with Crippen molar-refractivity contribution in [2.75, 3.05) is 9.80 Å². The van der Waals surface area contributed by atoms with Crippen molar-refractivity contribution in [3.05, 3.63) is 336 Å². The summed E-state index contributed by atoms with van der Waals surface area (Å²) in [6.45, 7) is 9.43. The molecule has 0 spiro atoms. The number of anilines is 6. The lowest BCUT2D eigenvalue weighted by Crippen LogP contribution is -2.29. The standard InChI is InChI=1S/C113H116N2O2/c1-5-9-13-17-21-44-72-111(73-45-22-18-14-10-6-2)97-70-71-105-108(92-58-40-42-60-103(92)116-105)107(97)96-80-99-95(79-100(96)111)90-68-66-88(76-98(90)112(99,74-46-23-19-15-11-7-3)75-47-24-20-16-12-8-4)115(87-64-62-86(63-65-87)114(84-54-36-28-37-55-84)85-56-38-29-39-57-85)89-67-69-91-101(77-89)113(82-50-32-26-33-51-82,83-52-34-27-35-53-83)102-78-94(81-48-30-25-31-49-81)110-109(106(91)102)93-59-41-43-61-104(93)117-110/h25-43,48-71,76-80H,5-24,44-47,72-75H2,1-4H3. The Balaban J connectivity index is 0.889. The van der Waals surface area contributed by atoms with Crippen LogP contribution in [0.4, 0.5) is 34.1 Å². The van der Waals surface area contributed by atoms with Crippen LogP contribution >= 0.6 is 0 Å². The number of hydrogen-bond donors (Lipinski definition) is 0. The predicted octanol–water partition coefficient (Wildman–Crippen LogP) is 34.0. The summed E-state index contributed by atoms with van der Waals surface area (Å²) in [5, 5.41) is 4.83. The van der Waals surface area contributed by atoms with Crippen molar-refractivity contribution >= 4 is 78.0 Å². The van der Waals surface area contributed by atoms with E-state index >= 15 is 0 Å². The van der Waals surface area contributed by atoms with Crippen LogP contribution in [0, 0.1) is 0 Å². The molecule has 0 saturated heterocycles. The van der Waals surface area contributed by atoms with E-state index in [1.165, 1.54) is 232 Å². The van der Waals surface area contributed by atoms with Crippen molar-refractivity contribution in [1.82, 2.24) is 0 Å². The van der Waals surface area contributed by atoms with Gasteiger partial charge in [-0.15, -0.1) is 0 Å². The van der Waals surface area contributed by atoms with Gasteiger partial charge < -0.3 is 18.6 Å². The Morgan fingerprint density at radius 1 is 0.239 bits per heavy atom. The molecule has 15 aromatic rings. The van der Waals surface area contributed by atoms with Crippen LogP contribution in [0.1, 0.15) is 252 Å². The third-order valence-corrected chi connectivity index (χ3v) is 27.3. The maximum absolute atomic E-state index is 7.21. The lowest BCUT2D eigenvalue weighted by molar-refractivity contribution is 0.394. The first-order chi connectivity index (χ1) is 57.9. The molecule has 0 radical (unpaired) electrons. The second kappa shape index (κ2) is 34.7. The molecule has 117 heavy (non-hydrogen) atoms. The van der Waals surface area contributed by atoms with E-state index in [1.807, 2.05) is 0 Å². The van der Waals surface area contributed by atoms with Gasteiger partial charge in [0, 0.05) is 72.1 Å². The number of nitrogens with zero attached hydrogens (tertiary/aromatic N) is 2. The van der Waals surface area contributed by atoms with Gasteiger partial charge in [0.05, 0.1) is 5.41 Å². The van der Waals surface area contributed by atoms with Crippen molar-refractivity contribution < 1.29 is 8.83 Å². The molecule has 0 amide bonds. The Labute approximate surface area is 696 Å². The molecule has 2 aromatic heterocycles. The minimum Gasteiger partial charge on any atom is -0.456 e. The Kier molecular flexibility index (Phi) is 22.9. The Hall–Kier alpha value is -10.9. The van der Waals surface area contributed by atoms with Gasteiger partial charge in [-0.1, -0.05) is 364 Å². The molecule has 590 valence electrons. The lowest BCUT2D eigenvalue weighted by atomic mass is 9.67. The van der Waals surface area contributed by atoms with Crippen LogP contribution in [0.15, 0.2) is 300 Å². The normalized spacial score (nSPS) is 13.8. The zero-order chi connectivity index (χ0) is 79.1. The quantitative estimate of drug-likeness (QED) is 0.0363. The lowest BCUT2D eigenvalue weighted by Gasteiger charge is -2.36. The zero-order valence-electron chi connectivity index (χ0n) is 69.7. The van der Waals surface area contributed by atoms with Crippen molar-refractivity contribution in [2.24, 2.45) is 0 Å². The topological polar surface area (TPSA) is 32.8 Å². The first-order valence-electron chi connectivity index (χ1n) is 45.3. The van der Waals surface area contributed by atoms with Gasteiger partial charge in [0.1, 0.15) is 22.3 Å². The van der Waals surface area contributed by atoms with Crippen molar-refractivity contribution in [2.45, 2.75) is 224 Å². The van der Waals surface area contributed by atoms with Crippen molar-refractivity contribution in [3.63, 3.8) is 0 Å². The number of para-hydroxylation sites is 4. The number of furan rings is 2. The molecule has 0 N–H and O–H groups in total. The molecule has 0 fully saturated rings. The van der Waals surface area contributed by atoms with Crippen molar-refractivity contribution in [3.8, 4) is 44.5 Å². The second-order valence-corrected chi connectivity index (χ2v) is 34.5. The van der Waals surface area contributed by atoms with E-state index in [-0.39, 0.29) is 10.8 Å². The van der Waals surface area contributed by atoms with Gasteiger partial charge in [-0.05, 0) is 218 Å². The molecule has 0 saturated carbocycles. The first-order valence-corrected chi connectivity index (χ1v) is 45.3. The molecule has 0 bridgehead atoms. The number of unbranched alkanes of at least 4 members (excludes halogenated alkanes) is 20. The summed E-state index contributed by atoms with van der Waals surface area (Å²) >= 11 is 0. The smallest absolute Gasteiger partial charge is 0.143 e. The fraction of sp³-hybridized carbons (Fsp3) is 0.310. The third kappa shape index (κ3) is 14.2. The van der Waals surface area contributed by atoms with Crippen LogP contribution in [0.2, 0.25) is 0 Å². The van der Waals surface area contributed by atoms with Crippen LogP contribution in [0.5, 0.6) is 0 Å². The number of hydrogen-bond acceptors (Lipinski definition) is 4. The second-order valence-electron chi connectivity index (χ2n) is 34.5. The third-order valence-electron chi connectivity index (χ3n) is 27.3. The summed E-state index contributed by atoms with van der Waals surface area (Å²) in [5.41, 5.74) is 30.9. The molecule has 4 heteroatoms. The van der Waals surface area contributed by atoms with E-state index in [4.69, 9.17) is 8.83 Å². The van der Waals surface area contributed by atoms with Crippen LogP contribution in [-0.2, 0) is 16.2 Å². The van der Waals surface area contributed by atoms with E-state index in [1.54, 1.807) is 16.7 Å². The van der Waals surface area contributed by atoms with E-state index in [9.17, 15) is 0 Å². The molecular formula is C113H116N2O2. The van der Waals surface area contributed by atoms with Crippen LogP contribution in [0.3, 0.4) is 0 Å². The van der Waals surface area contributed by atoms with Gasteiger partial charge in [-0.3, -0.25) is 0 Å². The van der Waals surface area contributed by atoms with Gasteiger partial charge in [0.15, 0.2) is 0 Å². The van der Waals surface area contributed by atoms with E-state index < -0.39 is 5.41 Å². The van der Waals surface area contributed by atoms with E-state index in [0.717, 1.165) is 98.4 Å². The largest absolute Gasteiger partial charge is 0.456 e. The average molecular weight is 1530 g/mol. The predicted molar refractivity (Wildman–Crippen MR) is 498 cm³/mol. The number of fused-ring (bicyclic) bond motifs is 17. The highest BCUT2D eigenvalue weighted by Crippen LogP contribution is 2.65. The number of benzene rings is 13. The highest BCUT2D eigenvalue weighted by Gasteiger charge is 2.51. The Morgan fingerprint density at radius 2 is 0.607 bits per heavy atom. The fourth-order valence-electron chi connectivity index (χ4n) is 21.7. The van der Waals surface area contributed by atoms with E-state index in [0.29, 0.717) is 0 Å². The number of rotatable bonds is 37. The summed E-state index contributed by atoms with van der Waals surface area (Å²) in [5.74, 6) is 0. The molecule has 0 unspecified atom stereocenters. The molecule has 2 heterocycles. The Morgan fingerprint density at radius 3 is 1.13 bits per heavy atom. The maximum atomic E-state index is 7.21. The summed E-state index contributed by atoms with van der Waals surface area (Å²) < 4.78 is 14.2. The Bertz CT molecular complexity index is 5800. The molecule has 13 aromatic carbocycles. The van der Waals surface area contributed by atoms with E-state index in [2.05, 4.69) is 329 Å². The highest BCUT2D eigenvalue weighted by molar-refractivity contribution is 6.20. The SMILES string of the molecule is CCCCCCCCC1(CCCCCCCC)c2cc(N(c3ccc(N(c4ccccc4)c4ccccc4)cc3)c3ccc4c(c3)C(c3ccccc3)(c3ccccc3)c3cc(-c5ccccc5)c5oc6ccccc6c5c3-4)ccc2-c2cc3c(cc21)-c1c(ccc2oc4ccccc4c12)C3(CCCCCCCC)CCCCCCCC. The fourth-order valence-corrected chi connectivity index (χ4v) is 21.7. The molecule has 4 nitrogen and oxygen atoms in total. The van der Waals surface area contributed by atoms with Gasteiger partial charge in [0.2, 0.25) is 0 Å². The van der Waals surface area contributed by atoms with Gasteiger partial charge in [0.25, 0.3) is 0 Å². The monoisotopic (exact) mass is 1530 g/mol. The highest BCUT2D eigenvalue weighted by atomic mass is 16.3. The minimum absolute atomic E-state index is 0.146. The minimum atomic E-state index is -0.768.